The molecule has 1 aliphatic carbocycles. The fraction of sp³-hybridized carbons (Fsp3) is 0.636. The Kier molecular flexibility index (Phi) is 3.16. The topological polar surface area (TPSA) is 0 Å². The molecule has 0 aromatic heterocycles. The van der Waals surface area contributed by atoms with Gasteiger partial charge in [0.1, 0.15) is 0 Å². The summed E-state index contributed by atoms with van der Waals surface area (Å²) in [5.41, 5.74) is 1.95. The number of halogens is 1. The lowest BCUT2D eigenvalue weighted by Crippen LogP contribution is -2.26. The van der Waals surface area contributed by atoms with Crippen molar-refractivity contribution in [1.29, 1.82) is 0 Å². The molecule has 1 heteroatoms. The molecule has 68 valence electrons. The highest BCUT2D eigenvalue weighted by molar-refractivity contribution is 9.11. The van der Waals surface area contributed by atoms with E-state index in [4.69, 9.17) is 0 Å². The highest BCUT2D eigenvalue weighted by Gasteiger charge is 2.30. The molecule has 0 nitrogen and oxygen atoms in total. The van der Waals surface area contributed by atoms with Crippen molar-refractivity contribution >= 4 is 15.9 Å². The zero-order valence-electron chi connectivity index (χ0n) is 8.10. The second kappa shape index (κ2) is 3.78. The summed E-state index contributed by atoms with van der Waals surface area (Å²) in [7, 11) is 0. The molecule has 0 amide bonds. The Bertz CT molecular complexity index is 211. The van der Waals surface area contributed by atoms with Crippen molar-refractivity contribution in [3.05, 3.63) is 22.7 Å². The normalized spacial score (nSPS) is 29.0. The molecular weight excluding hydrogens is 212 g/mol. The lowest BCUT2D eigenvalue weighted by atomic mass is 9.69. The van der Waals surface area contributed by atoms with Crippen molar-refractivity contribution in [2.75, 3.05) is 0 Å². The van der Waals surface area contributed by atoms with Crippen LogP contribution >= 0.6 is 15.9 Å². The Balaban J connectivity index is 2.88. The fourth-order valence-corrected chi connectivity index (χ4v) is 2.36. The third-order valence-corrected chi connectivity index (χ3v) is 3.16. The Labute approximate surface area is 83.9 Å². The van der Waals surface area contributed by atoms with Crippen molar-refractivity contribution < 1.29 is 0 Å². The molecule has 0 aromatic rings. The Morgan fingerprint density at radius 3 is 2.75 bits per heavy atom. The highest BCUT2D eigenvalue weighted by Crippen LogP contribution is 2.41. The van der Waals surface area contributed by atoms with Gasteiger partial charge in [0.25, 0.3) is 0 Å². The lowest BCUT2D eigenvalue weighted by Gasteiger charge is -2.36. The molecule has 0 aliphatic heterocycles. The van der Waals surface area contributed by atoms with Crippen molar-refractivity contribution in [2.24, 2.45) is 11.3 Å². The van der Waals surface area contributed by atoms with Gasteiger partial charge in [-0.05, 0) is 30.2 Å². The van der Waals surface area contributed by atoms with E-state index in [9.17, 15) is 0 Å². The van der Waals surface area contributed by atoms with Crippen LogP contribution in [0, 0.1) is 11.3 Å². The maximum absolute atomic E-state index is 3.36. The van der Waals surface area contributed by atoms with E-state index in [1.807, 2.05) is 4.99 Å². The summed E-state index contributed by atoms with van der Waals surface area (Å²) >= 11 is 3.36. The van der Waals surface area contributed by atoms with Crippen LogP contribution in [0.2, 0.25) is 0 Å². The average molecular weight is 229 g/mol. The lowest BCUT2D eigenvalue weighted by molar-refractivity contribution is 0.256. The van der Waals surface area contributed by atoms with Gasteiger partial charge in [-0.25, -0.2) is 0 Å². The molecule has 0 aromatic carbocycles. The zero-order chi connectivity index (χ0) is 9.19. The van der Waals surface area contributed by atoms with Crippen molar-refractivity contribution in [3.63, 3.8) is 0 Å². The van der Waals surface area contributed by atoms with Crippen LogP contribution in [0.15, 0.2) is 22.7 Å². The number of allylic oxidation sites excluding steroid dienone is 3. The number of rotatable bonds is 1. The van der Waals surface area contributed by atoms with Gasteiger partial charge < -0.3 is 0 Å². The van der Waals surface area contributed by atoms with Crippen LogP contribution in [0.3, 0.4) is 0 Å². The highest BCUT2D eigenvalue weighted by atomic mass is 79.9. The predicted molar refractivity (Wildman–Crippen MR) is 58.3 cm³/mol. The van der Waals surface area contributed by atoms with Crippen LogP contribution in [-0.4, -0.2) is 0 Å². The van der Waals surface area contributed by atoms with E-state index in [0.29, 0.717) is 11.3 Å². The van der Waals surface area contributed by atoms with Gasteiger partial charge in [0.15, 0.2) is 0 Å². The number of hydrogen-bond donors (Lipinski definition) is 0. The van der Waals surface area contributed by atoms with Gasteiger partial charge in [0.05, 0.1) is 0 Å². The third-order valence-electron chi connectivity index (χ3n) is 2.85. The minimum atomic E-state index is 0.434. The third kappa shape index (κ3) is 2.01. The van der Waals surface area contributed by atoms with Crippen molar-refractivity contribution in [1.82, 2.24) is 0 Å². The van der Waals surface area contributed by atoms with Crippen LogP contribution in [0.25, 0.3) is 0 Å². The molecule has 1 rings (SSSR count). The largest absolute Gasteiger partial charge is 0.0850 e. The van der Waals surface area contributed by atoms with Gasteiger partial charge in [-0.2, -0.15) is 0 Å². The summed E-state index contributed by atoms with van der Waals surface area (Å²) in [6.07, 6.45) is 7.16. The van der Waals surface area contributed by atoms with E-state index in [-0.39, 0.29) is 0 Å². The fourth-order valence-electron chi connectivity index (χ4n) is 2.06. The van der Waals surface area contributed by atoms with Crippen LogP contribution in [0.5, 0.6) is 0 Å². The Hall–Kier alpha value is -0.0400. The first kappa shape index (κ1) is 10.0. The second-order valence-corrected chi connectivity index (χ2v) is 4.80. The molecule has 0 saturated heterocycles. The smallest absolute Gasteiger partial charge is 0.00335 e. The first-order valence-corrected chi connectivity index (χ1v) is 5.43. The SMILES string of the molecule is CC1=CCCC(C)(C)C1C=CBr. The van der Waals surface area contributed by atoms with Gasteiger partial charge in [-0.3, -0.25) is 0 Å². The molecule has 1 aliphatic rings. The maximum Gasteiger partial charge on any atom is 0.00335 e. The average Bonchev–Trinajstić information content (AvgIpc) is 1.97. The number of hydrogen-bond acceptors (Lipinski definition) is 0. The molecular formula is C11H17Br. The summed E-state index contributed by atoms with van der Waals surface area (Å²) in [6.45, 7) is 6.93. The minimum Gasteiger partial charge on any atom is -0.0850 e. The molecule has 0 fully saturated rings. The summed E-state index contributed by atoms with van der Waals surface area (Å²) in [5, 5.41) is 0. The molecule has 1 unspecified atom stereocenters. The molecule has 0 radical (unpaired) electrons. The van der Waals surface area contributed by atoms with E-state index in [2.05, 4.69) is 48.9 Å². The predicted octanol–water partition coefficient (Wildman–Crippen LogP) is 4.28. The molecule has 12 heavy (non-hydrogen) atoms. The van der Waals surface area contributed by atoms with Crippen LogP contribution in [-0.2, 0) is 0 Å². The summed E-state index contributed by atoms with van der Waals surface area (Å²) in [4.78, 5) is 1.99. The van der Waals surface area contributed by atoms with E-state index < -0.39 is 0 Å². The maximum atomic E-state index is 3.36. The molecule has 0 bridgehead atoms. The summed E-state index contributed by atoms with van der Waals surface area (Å²) in [6, 6.07) is 0. The minimum absolute atomic E-state index is 0.434. The second-order valence-electron chi connectivity index (χ2n) is 4.27. The van der Waals surface area contributed by atoms with Crippen LogP contribution in [0.1, 0.15) is 33.6 Å². The quantitative estimate of drug-likeness (QED) is 0.589. The zero-order valence-corrected chi connectivity index (χ0v) is 9.69. The molecule has 0 heterocycles. The first-order chi connectivity index (χ1) is 5.58. The Morgan fingerprint density at radius 1 is 1.58 bits per heavy atom. The molecule has 0 N–H and O–H groups in total. The van der Waals surface area contributed by atoms with Crippen LogP contribution in [0.4, 0.5) is 0 Å². The molecule has 0 saturated carbocycles. The van der Waals surface area contributed by atoms with Crippen molar-refractivity contribution in [2.45, 2.75) is 33.6 Å². The van der Waals surface area contributed by atoms with Crippen molar-refractivity contribution in [3.8, 4) is 0 Å². The first-order valence-electron chi connectivity index (χ1n) is 4.51. The molecule has 0 spiro atoms. The van der Waals surface area contributed by atoms with E-state index in [1.54, 1.807) is 0 Å². The standard InChI is InChI=1S/C11H17Br/c1-9-5-4-7-11(2,3)10(9)6-8-12/h5-6,8,10H,4,7H2,1-3H3. The van der Waals surface area contributed by atoms with E-state index in [1.165, 1.54) is 18.4 Å². The van der Waals surface area contributed by atoms with Crippen LogP contribution < -0.4 is 0 Å². The molecule has 1 atom stereocenters. The van der Waals surface area contributed by atoms with Gasteiger partial charge in [0.2, 0.25) is 0 Å². The summed E-state index contributed by atoms with van der Waals surface area (Å²) < 4.78 is 0. The van der Waals surface area contributed by atoms with Gasteiger partial charge in [-0.15, -0.1) is 0 Å². The van der Waals surface area contributed by atoms with E-state index in [0.717, 1.165) is 0 Å². The van der Waals surface area contributed by atoms with Gasteiger partial charge >= 0.3 is 0 Å². The monoisotopic (exact) mass is 228 g/mol. The van der Waals surface area contributed by atoms with E-state index >= 15 is 0 Å². The Morgan fingerprint density at radius 2 is 2.25 bits per heavy atom. The summed E-state index contributed by atoms with van der Waals surface area (Å²) in [5.74, 6) is 0.616. The van der Waals surface area contributed by atoms with Gasteiger partial charge in [0, 0.05) is 5.92 Å². The van der Waals surface area contributed by atoms with Gasteiger partial charge in [-0.1, -0.05) is 47.5 Å².